The summed E-state index contributed by atoms with van der Waals surface area (Å²) in [5.41, 5.74) is 3.01. The van der Waals surface area contributed by atoms with Crippen LogP contribution in [0, 0.1) is 0 Å². The largest absolute Gasteiger partial charge is 0.438 e. The van der Waals surface area contributed by atoms with Crippen LogP contribution in [0.5, 0.6) is 17.4 Å². The van der Waals surface area contributed by atoms with Gasteiger partial charge in [0.25, 0.3) is 0 Å². The predicted octanol–water partition coefficient (Wildman–Crippen LogP) is 5.62. The Morgan fingerprint density at radius 1 is 0.974 bits per heavy atom. The van der Waals surface area contributed by atoms with Gasteiger partial charge in [-0.25, -0.2) is 4.79 Å². The van der Waals surface area contributed by atoms with E-state index in [1.54, 1.807) is 41.3 Å². The van der Waals surface area contributed by atoms with Gasteiger partial charge in [-0.05, 0) is 66.4 Å². The Morgan fingerprint density at radius 3 is 2.47 bits per heavy atom. The van der Waals surface area contributed by atoms with Crippen molar-refractivity contribution in [2.24, 2.45) is 0 Å². The van der Waals surface area contributed by atoms with E-state index in [0.29, 0.717) is 35.4 Å². The number of nitrogens with one attached hydrogen (secondary N) is 1. The van der Waals surface area contributed by atoms with Crippen LogP contribution >= 0.6 is 34.8 Å². The first-order chi connectivity index (χ1) is 18.4. The van der Waals surface area contributed by atoms with E-state index in [1.807, 2.05) is 24.3 Å². The number of nitrogens with zero attached hydrogens (tertiary/aromatic N) is 3. The van der Waals surface area contributed by atoms with Crippen LogP contribution in [0.15, 0.2) is 60.7 Å². The fourth-order valence-electron chi connectivity index (χ4n) is 4.85. The van der Waals surface area contributed by atoms with E-state index < -0.39 is 12.1 Å². The molecular formula is C28H21Cl3N4O3. The maximum absolute atomic E-state index is 13.4. The fourth-order valence-corrected chi connectivity index (χ4v) is 5.29. The number of ether oxygens (including phenoxy) is 2. The molecule has 2 aliphatic rings. The topological polar surface area (TPSA) is 80.3 Å². The summed E-state index contributed by atoms with van der Waals surface area (Å²) in [5, 5.41) is 10.7. The highest BCUT2D eigenvalue weighted by molar-refractivity contribution is 6.30. The highest BCUT2D eigenvalue weighted by Gasteiger charge is 2.35. The van der Waals surface area contributed by atoms with E-state index in [4.69, 9.17) is 44.3 Å². The smallest absolute Gasteiger partial charge is 0.416 e. The minimum Gasteiger partial charge on any atom is -0.438 e. The van der Waals surface area contributed by atoms with Crippen molar-refractivity contribution >= 4 is 53.0 Å². The number of aromatic nitrogens is 3. The van der Waals surface area contributed by atoms with Crippen molar-refractivity contribution in [2.75, 3.05) is 6.54 Å². The van der Waals surface area contributed by atoms with Crippen LogP contribution in [0.1, 0.15) is 29.3 Å². The number of aromatic amines is 1. The molecule has 1 N–H and O–H groups in total. The molecule has 4 aromatic rings. The Balaban J connectivity index is 1.35. The van der Waals surface area contributed by atoms with Gasteiger partial charge in [0.15, 0.2) is 5.15 Å². The quantitative estimate of drug-likeness (QED) is 0.324. The summed E-state index contributed by atoms with van der Waals surface area (Å²) in [6, 6.07) is 17.1. The molecule has 7 nitrogen and oxygen atoms in total. The summed E-state index contributed by atoms with van der Waals surface area (Å²) in [4.78, 5) is 18.7. The van der Waals surface area contributed by atoms with Crippen molar-refractivity contribution in [3.63, 3.8) is 0 Å². The average molecular weight is 568 g/mol. The zero-order chi connectivity index (χ0) is 26.2. The lowest BCUT2D eigenvalue weighted by Crippen LogP contribution is -2.43. The molecule has 0 bridgehead atoms. The zero-order valence-corrected chi connectivity index (χ0v) is 22.2. The SMILES string of the molecule is O=C(Oc1ccc(Cl)cc1)N1CCc2c([nH]c3c2=CC(Cl)CC=3)[C@@H]1c1ccc(Oc2ccc(Cl)nn2)cc1. The molecular weight excluding hydrogens is 547 g/mol. The molecule has 192 valence electrons. The molecule has 2 aromatic carbocycles. The number of benzene rings is 2. The van der Waals surface area contributed by atoms with Gasteiger partial charge in [-0.3, -0.25) is 4.90 Å². The van der Waals surface area contributed by atoms with Gasteiger partial charge in [-0.1, -0.05) is 47.5 Å². The molecule has 1 aliphatic carbocycles. The molecule has 1 unspecified atom stereocenters. The maximum Gasteiger partial charge on any atom is 0.416 e. The van der Waals surface area contributed by atoms with Gasteiger partial charge in [0.1, 0.15) is 17.5 Å². The van der Waals surface area contributed by atoms with Gasteiger partial charge in [0.05, 0.1) is 5.38 Å². The first kappa shape index (κ1) is 24.8. The van der Waals surface area contributed by atoms with Crippen molar-refractivity contribution in [3.05, 3.63) is 98.2 Å². The summed E-state index contributed by atoms with van der Waals surface area (Å²) < 4.78 is 11.5. The van der Waals surface area contributed by atoms with Crippen molar-refractivity contribution in [3.8, 4) is 17.4 Å². The lowest BCUT2D eigenvalue weighted by molar-refractivity contribution is 0.135. The zero-order valence-electron chi connectivity index (χ0n) is 19.9. The molecule has 38 heavy (non-hydrogen) atoms. The fraction of sp³-hybridized carbons (Fsp3) is 0.179. The molecule has 2 atom stereocenters. The van der Waals surface area contributed by atoms with E-state index in [0.717, 1.165) is 28.2 Å². The number of hydrogen-bond donors (Lipinski definition) is 1. The van der Waals surface area contributed by atoms with Crippen molar-refractivity contribution < 1.29 is 14.3 Å². The van der Waals surface area contributed by atoms with Crippen LogP contribution in [0.4, 0.5) is 4.79 Å². The average Bonchev–Trinajstić information content (AvgIpc) is 3.29. The first-order valence-corrected chi connectivity index (χ1v) is 13.2. The number of H-pyrrole nitrogens is 1. The molecule has 10 heteroatoms. The monoisotopic (exact) mass is 566 g/mol. The van der Waals surface area contributed by atoms with Gasteiger partial charge in [-0.2, -0.15) is 0 Å². The van der Waals surface area contributed by atoms with Crippen LogP contribution < -0.4 is 20.0 Å². The third kappa shape index (κ3) is 4.97. The van der Waals surface area contributed by atoms with Crippen LogP contribution in [0.3, 0.4) is 0 Å². The Labute approximate surface area is 233 Å². The lowest BCUT2D eigenvalue weighted by atomic mass is 9.92. The van der Waals surface area contributed by atoms with Crippen LogP contribution in [-0.2, 0) is 6.42 Å². The number of amides is 1. The number of carbonyl (C=O) groups is 1. The summed E-state index contributed by atoms with van der Waals surface area (Å²) in [6.07, 6.45) is 5.19. The highest BCUT2D eigenvalue weighted by atomic mass is 35.5. The Kier molecular flexibility index (Phi) is 6.74. The Bertz CT molecular complexity index is 1600. The second-order valence-corrected chi connectivity index (χ2v) is 10.4. The van der Waals surface area contributed by atoms with Gasteiger partial charge < -0.3 is 14.5 Å². The molecule has 0 fully saturated rings. The molecule has 0 spiro atoms. The minimum atomic E-state index is -0.449. The molecule has 0 saturated heterocycles. The van der Waals surface area contributed by atoms with Gasteiger partial charge >= 0.3 is 6.09 Å². The number of rotatable bonds is 4. The molecule has 0 saturated carbocycles. The maximum atomic E-state index is 13.4. The van der Waals surface area contributed by atoms with Crippen molar-refractivity contribution in [1.82, 2.24) is 20.1 Å². The van der Waals surface area contributed by atoms with Crippen LogP contribution in [-0.4, -0.2) is 38.1 Å². The van der Waals surface area contributed by atoms with Crippen LogP contribution in [0.2, 0.25) is 10.2 Å². The lowest BCUT2D eigenvalue weighted by Gasteiger charge is -2.35. The predicted molar refractivity (Wildman–Crippen MR) is 147 cm³/mol. The number of hydrogen-bond acceptors (Lipinski definition) is 5. The van der Waals surface area contributed by atoms with Crippen LogP contribution in [0.25, 0.3) is 12.2 Å². The summed E-state index contributed by atoms with van der Waals surface area (Å²) in [7, 11) is 0. The molecule has 2 aromatic heterocycles. The molecule has 3 heterocycles. The molecule has 0 radical (unpaired) electrons. The molecule has 1 aliphatic heterocycles. The summed E-state index contributed by atoms with van der Waals surface area (Å²) in [6.45, 7) is 0.480. The summed E-state index contributed by atoms with van der Waals surface area (Å²) >= 11 is 18.3. The van der Waals surface area contributed by atoms with E-state index in [2.05, 4.69) is 27.3 Å². The second kappa shape index (κ2) is 10.3. The number of carbonyl (C=O) groups excluding carboxylic acids is 1. The second-order valence-electron chi connectivity index (χ2n) is 9.00. The van der Waals surface area contributed by atoms with Gasteiger partial charge in [0, 0.05) is 33.9 Å². The van der Waals surface area contributed by atoms with Gasteiger partial charge in [0.2, 0.25) is 5.88 Å². The van der Waals surface area contributed by atoms with Gasteiger partial charge in [-0.15, -0.1) is 21.8 Å². The minimum absolute atomic E-state index is 0.0545. The normalized spacial score (nSPS) is 18.0. The van der Waals surface area contributed by atoms with Crippen molar-refractivity contribution in [1.29, 1.82) is 0 Å². The molecule has 6 rings (SSSR count). The van der Waals surface area contributed by atoms with E-state index in [1.165, 1.54) is 5.56 Å². The number of alkyl halides is 1. The number of halogens is 3. The van der Waals surface area contributed by atoms with E-state index in [-0.39, 0.29) is 10.5 Å². The number of fused-ring (bicyclic) bond motifs is 3. The third-order valence-corrected chi connectivity index (χ3v) is 7.33. The highest BCUT2D eigenvalue weighted by Crippen LogP contribution is 2.35. The third-order valence-electron chi connectivity index (χ3n) is 6.57. The summed E-state index contributed by atoms with van der Waals surface area (Å²) in [5.74, 6) is 1.33. The molecule has 1 amide bonds. The standard InChI is InChI=1S/C28H21Cl3N4O3/c29-17-3-8-20(9-4-17)38-28(36)35-14-13-21-22-15-18(30)5-10-23(22)32-26(21)27(35)16-1-6-19(7-2-16)37-25-12-11-24(31)33-34-25/h1-4,6-12,15,18,27,32H,5,13-14H2/t18?,27-/m0/s1. The van der Waals surface area contributed by atoms with E-state index >= 15 is 0 Å². The Morgan fingerprint density at radius 2 is 1.74 bits per heavy atom. The van der Waals surface area contributed by atoms with E-state index in [9.17, 15) is 4.79 Å². The van der Waals surface area contributed by atoms with Crippen molar-refractivity contribution in [2.45, 2.75) is 24.3 Å². The first-order valence-electron chi connectivity index (χ1n) is 12.0. The Hall–Kier alpha value is -3.52.